The van der Waals surface area contributed by atoms with Crippen LogP contribution in [0.1, 0.15) is 24.0 Å². The van der Waals surface area contributed by atoms with Crippen LogP contribution in [0, 0.1) is 12.3 Å². The van der Waals surface area contributed by atoms with E-state index >= 15 is 0 Å². The Morgan fingerprint density at radius 3 is 2.72 bits per heavy atom. The zero-order valence-electron chi connectivity index (χ0n) is 11.2. The second kappa shape index (κ2) is 5.53. The summed E-state index contributed by atoms with van der Waals surface area (Å²) in [4.78, 5) is 12.1. The summed E-state index contributed by atoms with van der Waals surface area (Å²) in [7, 11) is 1.49. The van der Waals surface area contributed by atoms with E-state index in [9.17, 15) is 4.79 Å². The zero-order chi connectivity index (χ0) is 13.0. The van der Waals surface area contributed by atoms with Crippen molar-refractivity contribution in [2.75, 3.05) is 20.2 Å². The summed E-state index contributed by atoms with van der Waals surface area (Å²) in [5.41, 5.74) is 2.12. The van der Waals surface area contributed by atoms with Crippen LogP contribution >= 0.6 is 0 Å². The number of hydrogen-bond donors (Lipinski definition) is 1. The van der Waals surface area contributed by atoms with Crippen LogP contribution in [0.3, 0.4) is 0 Å². The molecule has 1 heterocycles. The Balaban J connectivity index is 2.22. The molecule has 0 amide bonds. The van der Waals surface area contributed by atoms with Crippen molar-refractivity contribution in [3.63, 3.8) is 0 Å². The maximum atomic E-state index is 12.1. The molecule has 1 aromatic carbocycles. The first-order chi connectivity index (χ1) is 8.66. The van der Waals surface area contributed by atoms with Crippen molar-refractivity contribution in [1.82, 2.24) is 5.32 Å². The molecule has 0 atom stereocenters. The van der Waals surface area contributed by atoms with Crippen LogP contribution in [0.2, 0.25) is 0 Å². The molecule has 0 unspecified atom stereocenters. The van der Waals surface area contributed by atoms with Crippen molar-refractivity contribution in [1.29, 1.82) is 0 Å². The van der Waals surface area contributed by atoms with Crippen LogP contribution in [0.5, 0.6) is 0 Å². The van der Waals surface area contributed by atoms with Gasteiger partial charge in [0.25, 0.3) is 0 Å². The Morgan fingerprint density at radius 1 is 1.39 bits per heavy atom. The van der Waals surface area contributed by atoms with Gasteiger partial charge in [0.15, 0.2) is 0 Å². The van der Waals surface area contributed by atoms with Crippen LogP contribution in [0.15, 0.2) is 24.3 Å². The smallest absolute Gasteiger partial charge is 0.312 e. The third-order valence-electron chi connectivity index (χ3n) is 3.80. The van der Waals surface area contributed by atoms with Crippen molar-refractivity contribution >= 4 is 5.97 Å². The van der Waals surface area contributed by atoms with Crippen molar-refractivity contribution in [3.05, 3.63) is 35.4 Å². The van der Waals surface area contributed by atoms with Gasteiger partial charge in [0.05, 0.1) is 12.5 Å². The number of methoxy groups -OCH3 is 1. The average Bonchev–Trinajstić information content (AvgIpc) is 2.39. The van der Waals surface area contributed by atoms with Crippen molar-refractivity contribution in [3.8, 4) is 0 Å². The summed E-state index contributed by atoms with van der Waals surface area (Å²) in [6.45, 7) is 3.86. The molecular formula is C15H21NO2. The number of carbonyl (C=O) groups is 1. The largest absolute Gasteiger partial charge is 0.469 e. The van der Waals surface area contributed by atoms with Crippen molar-refractivity contribution < 1.29 is 9.53 Å². The Kier molecular flexibility index (Phi) is 4.02. The number of piperidine rings is 1. The van der Waals surface area contributed by atoms with Gasteiger partial charge in [-0.1, -0.05) is 29.8 Å². The number of benzene rings is 1. The van der Waals surface area contributed by atoms with E-state index in [0.29, 0.717) is 0 Å². The molecule has 1 N–H and O–H groups in total. The van der Waals surface area contributed by atoms with E-state index in [2.05, 4.69) is 36.5 Å². The van der Waals surface area contributed by atoms with E-state index in [4.69, 9.17) is 4.74 Å². The first-order valence-corrected chi connectivity index (χ1v) is 6.51. The van der Waals surface area contributed by atoms with Crippen LogP contribution < -0.4 is 5.32 Å². The lowest BCUT2D eigenvalue weighted by molar-refractivity contribution is -0.154. The van der Waals surface area contributed by atoms with E-state index < -0.39 is 0 Å². The Morgan fingerprint density at radius 2 is 2.11 bits per heavy atom. The molecule has 2 rings (SSSR count). The summed E-state index contributed by atoms with van der Waals surface area (Å²) < 4.78 is 5.03. The molecule has 0 saturated carbocycles. The third kappa shape index (κ3) is 2.72. The molecule has 1 fully saturated rings. The summed E-state index contributed by atoms with van der Waals surface area (Å²) in [5, 5.41) is 3.31. The maximum absolute atomic E-state index is 12.1. The predicted molar refractivity (Wildman–Crippen MR) is 71.4 cm³/mol. The highest BCUT2D eigenvalue weighted by Gasteiger charge is 2.40. The molecule has 18 heavy (non-hydrogen) atoms. The molecule has 0 bridgehead atoms. The van der Waals surface area contributed by atoms with Gasteiger partial charge in [0.2, 0.25) is 0 Å². The van der Waals surface area contributed by atoms with E-state index in [1.165, 1.54) is 18.2 Å². The van der Waals surface area contributed by atoms with Gasteiger partial charge in [-0.2, -0.15) is 0 Å². The summed E-state index contributed by atoms with van der Waals surface area (Å²) in [6, 6.07) is 8.39. The van der Waals surface area contributed by atoms with Gasteiger partial charge < -0.3 is 10.1 Å². The highest BCUT2D eigenvalue weighted by atomic mass is 16.5. The molecule has 98 valence electrons. The fourth-order valence-corrected chi connectivity index (χ4v) is 2.79. The third-order valence-corrected chi connectivity index (χ3v) is 3.80. The van der Waals surface area contributed by atoms with Gasteiger partial charge in [-0.05, 0) is 44.8 Å². The molecule has 1 aromatic rings. The van der Waals surface area contributed by atoms with Crippen LogP contribution in [-0.4, -0.2) is 26.2 Å². The number of ether oxygens (including phenoxy) is 1. The number of hydrogen-bond acceptors (Lipinski definition) is 3. The highest BCUT2D eigenvalue weighted by Crippen LogP contribution is 2.34. The SMILES string of the molecule is COC(=O)C1(Cc2cccc(C)c2)CCNCC1. The van der Waals surface area contributed by atoms with Crippen LogP contribution in [-0.2, 0) is 16.0 Å². The van der Waals surface area contributed by atoms with Crippen LogP contribution in [0.4, 0.5) is 0 Å². The minimum absolute atomic E-state index is 0.0643. The van der Waals surface area contributed by atoms with Gasteiger partial charge in [0, 0.05) is 0 Å². The number of carbonyl (C=O) groups excluding carboxylic acids is 1. The lowest BCUT2D eigenvalue weighted by atomic mass is 9.74. The standard InChI is InChI=1S/C15H21NO2/c1-12-4-3-5-13(10-12)11-15(14(17)18-2)6-8-16-9-7-15/h3-5,10,16H,6-9,11H2,1-2H3. The molecule has 3 nitrogen and oxygen atoms in total. The predicted octanol–water partition coefficient (Wildman–Crippen LogP) is 2.08. The number of aryl methyl sites for hydroxylation is 1. The summed E-state index contributed by atoms with van der Waals surface area (Å²) in [6.07, 6.45) is 2.49. The average molecular weight is 247 g/mol. The second-order valence-corrected chi connectivity index (χ2v) is 5.19. The quantitative estimate of drug-likeness (QED) is 0.831. The highest BCUT2D eigenvalue weighted by molar-refractivity contribution is 5.77. The Labute approximate surface area is 109 Å². The Bertz CT molecular complexity index is 422. The monoisotopic (exact) mass is 247 g/mol. The molecule has 3 heteroatoms. The number of rotatable bonds is 3. The molecular weight excluding hydrogens is 226 g/mol. The zero-order valence-corrected chi connectivity index (χ0v) is 11.2. The molecule has 1 aliphatic heterocycles. The molecule has 0 radical (unpaired) electrons. The molecule has 1 saturated heterocycles. The minimum Gasteiger partial charge on any atom is -0.469 e. The number of nitrogens with one attached hydrogen (secondary N) is 1. The van der Waals surface area contributed by atoms with Gasteiger partial charge in [-0.25, -0.2) is 0 Å². The fourth-order valence-electron chi connectivity index (χ4n) is 2.79. The molecule has 1 aliphatic rings. The maximum Gasteiger partial charge on any atom is 0.312 e. The van der Waals surface area contributed by atoms with E-state index in [1.54, 1.807) is 0 Å². The van der Waals surface area contributed by atoms with Gasteiger partial charge >= 0.3 is 5.97 Å². The van der Waals surface area contributed by atoms with E-state index in [0.717, 1.165) is 32.4 Å². The molecule has 0 aliphatic carbocycles. The topological polar surface area (TPSA) is 38.3 Å². The van der Waals surface area contributed by atoms with Crippen molar-refractivity contribution in [2.24, 2.45) is 5.41 Å². The van der Waals surface area contributed by atoms with E-state index in [1.807, 2.05) is 0 Å². The normalized spacial score (nSPS) is 18.3. The van der Waals surface area contributed by atoms with Gasteiger partial charge in [-0.15, -0.1) is 0 Å². The lowest BCUT2D eigenvalue weighted by Crippen LogP contribution is -2.44. The van der Waals surface area contributed by atoms with E-state index in [-0.39, 0.29) is 11.4 Å². The van der Waals surface area contributed by atoms with Crippen LogP contribution in [0.25, 0.3) is 0 Å². The number of esters is 1. The first-order valence-electron chi connectivity index (χ1n) is 6.51. The molecule has 0 aromatic heterocycles. The summed E-state index contributed by atoms with van der Waals surface area (Å²) >= 11 is 0. The first kappa shape index (κ1) is 13.1. The summed E-state index contributed by atoms with van der Waals surface area (Å²) in [5.74, 6) is -0.0643. The molecule has 0 spiro atoms. The minimum atomic E-state index is -0.339. The van der Waals surface area contributed by atoms with Crippen molar-refractivity contribution in [2.45, 2.75) is 26.2 Å². The van der Waals surface area contributed by atoms with Gasteiger partial charge in [0.1, 0.15) is 0 Å². The fraction of sp³-hybridized carbons (Fsp3) is 0.533. The Hall–Kier alpha value is -1.35. The van der Waals surface area contributed by atoms with Gasteiger partial charge in [-0.3, -0.25) is 4.79 Å². The lowest BCUT2D eigenvalue weighted by Gasteiger charge is -2.35. The second-order valence-electron chi connectivity index (χ2n) is 5.19.